The van der Waals surface area contributed by atoms with Crippen molar-refractivity contribution < 1.29 is 0 Å². The maximum atomic E-state index is 2.47. The summed E-state index contributed by atoms with van der Waals surface area (Å²) >= 11 is 0. The highest BCUT2D eigenvalue weighted by Crippen LogP contribution is 2.59. The molecular formula is C138H89N3. The van der Waals surface area contributed by atoms with Crippen LogP contribution in [0.2, 0.25) is 0 Å². The van der Waals surface area contributed by atoms with Gasteiger partial charge in [0.1, 0.15) is 0 Å². The Morgan fingerprint density at radius 2 is 0.319 bits per heavy atom. The Balaban J connectivity index is 0.000000106. The van der Waals surface area contributed by atoms with Crippen LogP contribution in [0, 0.1) is 0 Å². The number of rotatable bonds is 8. The van der Waals surface area contributed by atoms with Gasteiger partial charge in [0.05, 0.1) is 34.1 Å². The van der Waals surface area contributed by atoms with Crippen molar-refractivity contribution in [2.45, 2.75) is 0 Å². The number of para-hydroxylation sites is 7. The van der Waals surface area contributed by atoms with Crippen LogP contribution in [0.15, 0.2) is 540 Å². The molecule has 0 bridgehead atoms. The molecule has 0 spiro atoms. The highest BCUT2D eigenvalue weighted by atomic mass is 15.2. The van der Waals surface area contributed by atoms with Crippen molar-refractivity contribution in [3.05, 3.63) is 540 Å². The third-order valence-electron chi connectivity index (χ3n) is 29.3. The van der Waals surface area contributed by atoms with E-state index in [4.69, 9.17) is 0 Å². The van der Waals surface area contributed by atoms with Gasteiger partial charge in [0.2, 0.25) is 0 Å². The molecule has 0 aliphatic carbocycles. The molecule has 3 nitrogen and oxygen atoms in total. The molecule has 3 aliphatic heterocycles. The average Bonchev–Trinajstić information content (AvgIpc) is 1.67. The Morgan fingerprint density at radius 1 is 0.0993 bits per heavy atom. The molecule has 0 saturated heterocycles. The van der Waals surface area contributed by atoms with Crippen molar-refractivity contribution in [1.29, 1.82) is 0 Å². The lowest BCUT2D eigenvalue weighted by molar-refractivity contribution is 1.29. The van der Waals surface area contributed by atoms with Crippen LogP contribution in [0.1, 0.15) is 0 Å². The van der Waals surface area contributed by atoms with Crippen LogP contribution in [-0.4, -0.2) is 0 Å². The van der Waals surface area contributed by atoms with Gasteiger partial charge < -0.3 is 14.7 Å². The van der Waals surface area contributed by atoms with Crippen molar-refractivity contribution in [3.63, 3.8) is 0 Å². The molecule has 3 heterocycles. The van der Waals surface area contributed by atoms with E-state index in [2.05, 4.69) is 555 Å². The Morgan fingerprint density at radius 3 is 0.716 bits per heavy atom. The molecule has 656 valence electrons. The molecule has 0 unspecified atom stereocenters. The minimum Gasteiger partial charge on any atom is -0.309 e. The fraction of sp³-hybridized carbons (Fsp3) is 0. The second kappa shape index (κ2) is 34.4. The maximum absolute atomic E-state index is 2.47. The Kier molecular flexibility index (Phi) is 20.0. The topological polar surface area (TPSA) is 9.72 Å². The van der Waals surface area contributed by atoms with E-state index in [1.807, 2.05) is 0 Å². The molecule has 0 amide bonds. The van der Waals surface area contributed by atoms with E-state index >= 15 is 0 Å². The minimum absolute atomic E-state index is 1.14. The molecule has 3 aliphatic rings. The van der Waals surface area contributed by atoms with E-state index < -0.39 is 0 Å². The van der Waals surface area contributed by atoms with Gasteiger partial charge in [-0.15, -0.1) is 0 Å². The normalized spacial score (nSPS) is 12.1. The molecular weight excluding hydrogens is 1700 g/mol. The van der Waals surface area contributed by atoms with Crippen molar-refractivity contribution in [2.24, 2.45) is 0 Å². The number of hydrogen-bond acceptors (Lipinski definition) is 3. The fourth-order valence-electron chi connectivity index (χ4n) is 23.3. The van der Waals surface area contributed by atoms with Gasteiger partial charge in [0.25, 0.3) is 0 Å². The average molecular weight is 1790 g/mol. The van der Waals surface area contributed by atoms with Crippen molar-refractivity contribution in [3.8, 4) is 122 Å². The van der Waals surface area contributed by atoms with Crippen LogP contribution in [0.3, 0.4) is 0 Å². The second-order valence-electron chi connectivity index (χ2n) is 37.0. The van der Waals surface area contributed by atoms with Gasteiger partial charge in [0.15, 0.2) is 0 Å². The zero-order chi connectivity index (χ0) is 93.0. The smallest absolute Gasteiger partial charge is 0.0619 e. The monoisotopic (exact) mass is 1790 g/mol. The van der Waals surface area contributed by atoms with Gasteiger partial charge in [-0.2, -0.15) is 0 Å². The summed E-state index contributed by atoms with van der Waals surface area (Å²) in [4.78, 5) is 7.32. The van der Waals surface area contributed by atoms with Gasteiger partial charge in [-0.05, 0) is 265 Å². The van der Waals surface area contributed by atoms with Crippen molar-refractivity contribution in [2.75, 3.05) is 14.7 Å². The van der Waals surface area contributed by atoms with Gasteiger partial charge in [0, 0.05) is 56.0 Å². The molecule has 0 fully saturated rings. The zero-order valence-electron chi connectivity index (χ0n) is 77.2. The number of benzene rings is 26. The van der Waals surface area contributed by atoms with Crippen LogP contribution < -0.4 is 14.7 Å². The summed E-state index contributed by atoms with van der Waals surface area (Å²) in [7, 11) is 0. The number of nitrogens with zero attached hydrogens (tertiary/aromatic N) is 3. The molecule has 0 saturated carbocycles. The standard InChI is InChI=1S/2C48H31N.C42H27N/c1-2-16-35(17-3-1)49-46-27-11-10-23-42(46)38-19-5-6-20-39(38)43-29-28-33(31-47(43)49)32-14-12-15-34(30-32)36-25-13-26-45-41-21-7-4-18-37(41)40-22-8-9-24-44(40)48(36)45;1-2-16-35(17-3-1)49-46-27-11-10-23-42(46)38-19-5-7-22-41(38)45-31-33(28-29-47(45)49)32-14-12-15-34(30-32)36-25-13-26-44-40-20-6-4-18-37(40)39-21-8-9-24-43(39)48(36)44;1-2-14-28(15-3-1)43-40-27-11-10-21-34(40)30-17-5-7-20-33(30)38-25-13-26-39(42(38)43)37-24-12-23-36-32-18-6-4-16-29(32)31-19-8-9-22-35(31)41(36)37/h2*1-31H;1-27H. The van der Waals surface area contributed by atoms with Crippen molar-refractivity contribution in [1.82, 2.24) is 0 Å². The highest BCUT2D eigenvalue weighted by Gasteiger charge is 2.33. The van der Waals surface area contributed by atoms with Gasteiger partial charge in [-0.25, -0.2) is 0 Å². The fourth-order valence-corrected chi connectivity index (χ4v) is 23.3. The Hall–Kier alpha value is -18.5. The molecule has 141 heavy (non-hydrogen) atoms. The molecule has 26 aromatic carbocycles. The summed E-state index contributed by atoms with van der Waals surface area (Å²) in [5.41, 5.74) is 37.6. The highest BCUT2D eigenvalue weighted by molar-refractivity contribution is 6.32. The molecule has 0 N–H and O–H groups in total. The zero-order valence-corrected chi connectivity index (χ0v) is 77.2. The first-order valence-electron chi connectivity index (χ1n) is 48.8. The molecule has 0 aromatic heterocycles. The second-order valence-corrected chi connectivity index (χ2v) is 37.0. The van der Waals surface area contributed by atoms with E-state index in [1.165, 1.54) is 253 Å². The van der Waals surface area contributed by atoms with Crippen LogP contribution in [0.5, 0.6) is 0 Å². The number of hydrogen-bond donors (Lipinski definition) is 0. The Bertz CT molecular complexity index is 9380. The lowest BCUT2D eigenvalue weighted by Gasteiger charge is -2.30. The van der Waals surface area contributed by atoms with Crippen LogP contribution in [0.4, 0.5) is 51.2 Å². The molecule has 3 heteroatoms. The third kappa shape index (κ3) is 13.7. The maximum Gasteiger partial charge on any atom is 0.0619 e. The van der Waals surface area contributed by atoms with E-state index in [0.29, 0.717) is 0 Å². The van der Waals surface area contributed by atoms with Crippen LogP contribution >= 0.6 is 0 Å². The SMILES string of the molecule is c1ccc(N2c3ccccc3-c3ccccc3-c3cc(-c4cccc(-c5cccc6c7ccccc7c7ccccc7c56)c4)ccc32)cc1.c1ccc(N2c3ccccc3-c3ccccc3-c3ccc(-c4cccc(-c5cccc6c7ccccc7c7ccccc7c56)c4)cc32)cc1.c1ccc(N2c3ccccc3-c3ccccc3-c3cccc(-c4cccc5c6ccccc6c6ccccc6c45)c32)cc1. The van der Waals surface area contributed by atoms with Gasteiger partial charge in [-0.3, -0.25) is 0 Å². The number of anilines is 9. The van der Waals surface area contributed by atoms with Gasteiger partial charge in [-0.1, -0.05) is 455 Å². The first-order valence-corrected chi connectivity index (χ1v) is 48.8. The summed E-state index contributed by atoms with van der Waals surface area (Å²) in [6.45, 7) is 0. The van der Waals surface area contributed by atoms with E-state index in [0.717, 1.165) is 17.1 Å². The molecule has 0 radical (unpaired) electrons. The summed E-state index contributed by atoms with van der Waals surface area (Å²) in [5.74, 6) is 0. The van der Waals surface area contributed by atoms with Crippen LogP contribution in [-0.2, 0) is 0 Å². The lowest BCUT2D eigenvalue weighted by atomic mass is 9.87. The third-order valence-corrected chi connectivity index (χ3v) is 29.3. The minimum atomic E-state index is 1.14. The first-order chi connectivity index (χ1) is 70.0. The van der Waals surface area contributed by atoms with E-state index in [9.17, 15) is 0 Å². The molecule has 0 atom stereocenters. The van der Waals surface area contributed by atoms with Crippen molar-refractivity contribution >= 4 is 148 Å². The van der Waals surface area contributed by atoms with Gasteiger partial charge >= 0.3 is 0 Å². The predicted molar refractivity (Wildman–Crippen MR) is 601 cm³/mol. The molecule has 26 aromatic rings. The number of fused-ring (bicyclic) bond motifs is 33. The van der Waals surface area contributed by atoms with Crippen LogP contribution in [0.25, 0.3) is 219 Å². The molecule has 29 rings (SSSR count). The first kappa shape index (κ1) is 82.0. The summed E-state index contributed by atoms with van der Waals surface area (Å²) < 4.78 is 0. The van der Waals surface area contributed by atoms with E-state index in [1.54, 1.807) is 0 Å². The lowest BCUT2D eigenvalue weighted by Crippen LogP contribution is -2.12. The van der Waals surface area contributed by atoms with E-state index in [-0.39, 0.29) is 0 Å². The summed E-state index contributed by atoms with van der Waals surface area (Å²) in [6.07, 6.45) is 0. The predicted octanol–water partition coefficient (Wildman–Crippen LogP) is 39.1. The largest absolute Gasteiger partial charge is 0.309 e. The quantitative estimate of drug-likeness (QED) is 0.140. The summed E-state index contributed by atoms with van der Waals surface area (Å²) in [5, 5.41) is 23.3. The Labute approximate surface area is 819 Å². The summed E-state index contributed by atoms with van der Waals surface area (Å²) in [6, 6.07) is 197.